The summed E-state index contributed by atoms with van der Waals surface area (Å²) in [6.45, 7) is 1.99. The highest BCUT2D eigenvalue weighted by atomic mass is 35.5. The maximum absolute atomic E-state index is 10.8. The number of aryl methyl sites for hydroxylation is 1. The molecule has 0 bridgehead atoms. The molecule has 1 unspecified atom stereocenters. The van der Waals surface area contributed by atoms with Crippen LogP contribution in [-0.2, 0) is 4.79 Å². The normalized spacial score (nSPS) is 19.6. The molecule has 2 rings (SSSR count). The number of hydrogen-bond donors (Lipinski definition) is 0. The van der Waals surface area contributed by atoms with E-state index in [-0.39, 0.29) is 6.04 Å². The summed E-state index contributed by atoms with van der Waals surface area (Å²) in [5.74, 6) is 0. The Morgan fingerprint density at radius 1 is 1.53 bits per heavy atom. The van der Waals surface area contributed by atoms with E-state index in [1.54, 1.807) is 0 Å². The van der Waals surface area contributed by atoms with Crippen molar-refractivity contribution < 1.29 is 4.79 Å². The molecular formula is C11H10ClNOS. The fraction of sp³-hybridized carbons (Fsp3) is 0.182. The Morgan fingerprint density at radius 3 is 3.00 bits per heavy atom. The van der Waals surface area contributed by atoms with Gasteiger partial charge in [-0.15, -0.1) is 0 Å². The lowest BCUT2D eigenvalue weighted by atomic mass is 10.2. The third-order valence-corrected chi connectivity index (χ3v) is 3.44. The van der Waals surface area contributed by atoms with Gasteiger partial charge in [-0.2, -0.15) is 0 Å². The zero-order valence-electron chi connectivity index (χ0n) is 8.18. The molecule has 1 aliphatic heterocycles. The van der Waals surface area contributed by atoms with E-state index in [1.807, 2.05) is 40.9 Å². The quantitative estimate of drug-likeness (QED) is 0.584. The van der Waals surface area contributed by atoms with Crippen LogP contribution in [0.25, 0.3) is 0 Å². The molecule has 0 fully saturated rings. The third-order valence-electron chi connectivity index (χ3n) is 2.26. The second-order valence-corrected chi connectivity index (χ2v) is 4.63. The minimum atomic E-state index is -0.171. The van der Waals surface area contributed by atoms with Gasteiger partial charge in [0.15, 0.2) is 0 Å². The molecule has 15 heavy (non-hydrogen) atoms. The number of carbonyl (C=O) groups is 1. The number of carbonyl (C=O) groups excluding carboxylic acids is 1. The summed E-state index contributed by atoms with van der Waals surface area (Å²) in [4.78, 5) is 10.8. The topological polar surface area (TPSA) is 20.3 Å². The minimum Gasteiger partial charge on any atom is -0.301 e. The van der Waals surface area contributed by atoms with Crippen molar-refractivity contribution in [2.75, 3.05) is 4.31 Å². The zero-order chi connectivity index (χ0) is 10.8. The predicted molar refractivity (Wildman–Crippen MR) is 65.3 cm³/mol. The van der Waals surface area contributed by atoms with Crippen LogP contribution in [0.1, 0.15) is 5.56 Å². The molecule has 0 aliphatic carbocycles. The first-order chi connectivity index (χ1) is 7.22. The molecule has 4 heteroatoms. The van der Waals surface area contributed by atoms with Crippen LogP contribution in [0.5, 0.6) is 0 Å². The van der Waals surface area contributed by atoms with Crippen LogP contribution in [0, 0.1) is 6.92 Å². The van der Waals surface area contributed by atoms with Crippen LogP contribution < -0.4 is 4.31 Å². The van der Waals surface area contributed by atoms with Crippen molar-refractivity contribution >= 4 is 35.5 Å². The van der Waals surface area contributed by atoms with E-state index in [0.717, 1.165) is 22.6 Å². The Hall–Kier alpha value is -0.930. The third kappa shape index (κ3) is 2.03. The van der Waals surface area contributed by atoms with Crippen molar-refractivity contribution in [2.24, 2.45) is 0 Å². The first-order valence-electron chi connectivity index (χ1n) is 4.56. The van der Waals surface area contributed by atoms with Crippen molar-refractivity contribution in [2.45, 2.75) is 13.0 Å². The molecule has 0 spiro atoms. The highest BCUT2D eigenvalue weighted by Gasteiger charge is 2.21. The lowest BCUT2D eigenvalue weighted by Gasteiger charge is -2.22. The van der Waals surface area contributed by atoms with Crippen molar-refractivity contribution in [1.29, 1.82) is 0 Å². The van der Waals surface area contributed by atoms with E-state index < -0.39 is 0 Å². The standard InChI is InChI=1S/C11H10ClNOS/c1-8-6-9(12)2-3-11(8)13-10(7-14)4-5-15-13/h2-7,10H,1H3. The summed E-state index contributed by atoms with van der Waals surface area (Å²) < 4.78 is 1.97. The van der Waals surface area contributed by atoms with Gasteiger partial charge in [0.05, 0.1) is 5.69 Å². The average Bonchev–Trinajstić information content (AvgIpc) is 2.65. The number of nitrogens with zero attached hydrogens (tertiary/aromatic N) is 1. The van der Waals surface area contributed by atoms with Gasteiger partial charge in [0, 0.05) is 5.02 Å². The Morgan fingerprint density at radius 2 is 2.33 bits per heavy atom. The minimum absolute atomic E-state index is 0.171. The number of rotatable bonds is 2. The Labute approximate surface area is 98.0 Å². The Kier molecular flexibility index (Phi) is 3.03. The van der Waals surface area contributed by atoms with E-state index in [4.69, 9.17) is 11.6 Å². The summed E-state index contributed by atoms with van der Waals surface area (Å²) in [7, 11) is 0. The SMILES string of the molecule is Cc1cc(Cl)ccc1N1SC=CC1C=O. The lowest BCUT2D eigenvalue weighted by molar-refractivity contribution is -0.107. The maximum Gasteiger partial charge on any atom is 0.147 e. The fourth-order valence-electron chi connectivity index (χ4n) is 1.51. The molecule has 0 aromatic heterocycles. The molecular weight excluding hydrogens is 230 g/mol. The monoisotopic (exact) mass is 239 g/mol. The Bertz CT molecular complexity index is 419. The fourth-order valence-corrected chi connectivity index (χ4v) is 2.68. The van der Waals surface area contributed by atoms with Gasteiger partial charge < -0.3 is 4.79 Å². The number of anilines is 1. The van der Waals surface area contributed by atoms with Crippen molar-refractivity contribution in [1.82, 2.24) is 0 Å². The summed E-state index contributed by atoms with van der Waals surface area (Å²) in [5, 5.41) is 2.64. The molecule has 1 aromatic carbocycles. The highest BCUT2D eigenvalue weighted by molar-refractivity contribution is 8.03. The zero-order valence-corrected chi connectivity index (χ0v) is 9.76. The number of hydrogen-bond acceptors (Lipinski definition) is 3. The molecule has 1 heterocycles. The van der Waals surface area contributed by atoms with Crippen molar-refractivity contribution in [3.63, 3.8) is 0 Å². The van der Waals surface area contributed by atoms with E-state index in [0.29, 0.717) is 0 Å². The van der Waals surface area contributed by atoms with Crippen molar-refractivity contribution in [3.05, 3.63) is 40.3 Å². The van der Waals surface area contributed by atoms with Crippen LogP contribution in [-0.4, -0.2) is 12.3 Å². The van der Waals surface area contributed by atoms with E-state index in [9.17, 15) is 4.79 Å². The second kappa shape index (κ2) is 4.29. The Balaban J connectivity index is 2.33. The largest absolute Gasteiger partial charge is 0.301 e. The van der Waals surface area contributed by atoms with Gasteiger partial charge in [-0.05, 0) is 54.1 Å². The maximum atomic E-state index is 10.8. The molecule has 0 radical (unpaired) electrons. The summed E-state index contributed by atoms with van der Waals surface area (Å²) >= 11 is 7.41. The lowest BCUT2D eigenvalue weighted by Crippen LogP contribution is -2.25. The molecule has 0 amide bonds. The van der Waals surface area contributed by atoms with Crippen LogP contribution in [0.2, 0.25) is 5.02 Å². The van der Waals surface area contributed by atoms with Crippen LogP contribution in [0.15, 0.2) is 29.7 Å². The molecule has 2 nitrogen and oxygen atoms in total. The van der Waals surface area contributed by atoms with Gasteiger partial charge >= 0.3 is 0 Å². The summed E-state index contributed by atoms with van der Waals surface area (Å²) in [5.41, 5.74) is 2.11. The molecule has 0 saturated carbocycles. The number of aldehydes is 1. The summed E-state index contributed by atoms with van der Waals surface area (Å²) in [6.07, 6.45) is 2.82. The molecule has 78 valence electrons. The summed E-state index contributed by atoms with van der Waals surface area (Å²) in [6, 6.07) is 5.51. The van der Waals surface area contributed by atoms with Gasteiger partial charge in [0.2, 0.25) is 0 Å². The van der Waals surface area contributed by atoms with Crippen LogP contribution in [0.3, 0.4) is 0 Å². The van der Waals surface area contributed by atoms with Gasteiger partial charge in [0.25, 0.3) is 0 Å². The van der Waals surface area contributed by atoms with E-state index in [2.05, 4.69) is 0 Å². The van der Waals surface area contributed by atoms with Gasteiger partial charge in [-0.25, -0.2) is 0 Å². The smallest absolute Gasteiger partial charge is 0.147 e. The number of benzene rings is 1. The average molecular weight is 240 g/mol. The van der Waals surface area contributed by atoms with Gasteiger partial charge in [-0.3, -0.25) is 4.31 Å². The first kappa shape index (κ1) is 10.6. The predicted octanol–water partition coefficient (Wildman–Crippen LogP) is 3.20. The highest BCUT2D eigenvalue weighted by Crippen LogP contribution is 2.34. The number of halogens is 1. The van der Waals surface area contributed by atoms with Gasteiger partial charge in [-0.1, -0.05) is 11.6 Å². The van der Waals surface area contributed by atoms with E-state index in [1.165, 1.54) is 11.9 Å². The molecule has 0 N–H and O–H groups in total. The molecule has 1 atom stereocenters. The van der Waals surface area contributed by atoms with E-state index >= 15 is 0 Å². The first-order valence-corrected chi connectivity index (χ1v) is 5.78. The van der Waals surface area contributed by atoms with Crippen LogP contribution >= 0.6 is 23.5 Å². The molecule has 0 saturated heterocycles. The second-order valence-electron chi connectivity index (χ2n) is 3.32. The molecule has 1 aliphatic rings. The van der Waals surface area contributed by atoms with Gasteiger partial charge in [0.1, 0.15) is 12.3 Å². The van der Waals surface area contributed by atoms with Crippen LogP contribution in [0.4, 0.5) is 5.69 Å². The van der Waals surface area contributed by atoms with Crippen molar-refractivity contribution in [3.8, 4) is 0 Å². The molecule has 1 aromatic rings.